The molecule has 3 rings (SSSR count). The van der Waals surface area contributed by atoms with E-state index in [0.29, 0.717) is 39.0 Å². The number of carbonyl (C=O) groups excluding carboxylic acids is 3. The summed E-state index contributed by atoms with van der Waals surface area (Å²) in [7, 11) is 1.32. The van der Waals surface area contributed by atoms with E-state index < -0.39 is 18.1 Å². The number of aryl methyl sites for hydroxylation is 2. The summed E-state index contributed by atoms with van der Waals surface area (Å²) in [6.07, 6.45) is 2.80. The molecule has 34 heavy (non-hydrogen) atoms. The van der Waals surface area contributed by atoms with E-state index in [1.54, 1.807) is 11.8 Å². The molecular weight excluding hydrogens is 430 g/mol. The molecule has 0 aromatic heterocycles. The first kappa shape index (κ1) is 25.4. The molecule has 0 spiro atoms. The second-order valence-electron chi connectivity index (χ2n) is 8.65. The summed E-state index contributed by atoms with van der Waals surface area (Å²) in [6, 6.07) is 18.8. The van der Waals surface area contributed by atoms with E-state index in [0.717, 1.165) is 18.4 Å². The Morgan fingerprint density at radius 2 is 1.62 bits per heavy atom. The average molecular weight is 466 g/mol. The monoisotopic (exact) mass is 465 g/mol. The first-order valence-electron chi connectivity index (χ1n) is 12.0. The summed E-state index contributed by atoms with van der Waals surface area (Å²) in [6.45, 7) is 3.29. The topological polar surface area (TPSA) is 79.0 Å². The van der Waals surface area contributed by atoms with Crippen molar-refractivity contribution in [2.75, 3.05) is 33.3 Å². The first-order valence-corrected chi connectivity index (χ1v) is 12.0. The lowest BCUT2D eigenvalue weighted by Gasteiger charge is -2.28. The van der Waals surface area contributed by atoms with Gasteiger partial charge in [-0.15, -0.1) is 0 Å². The van der Waals surface area contributed by atoms with Crippen LogP contribution in [0.4, 0.5) is 0 Å². The molecule has 0 bridgehead atoms. The van der Waals surface area contributed by atoms with Crippen molar-refractivity contribution in [2.24, 2.45) is 0 Å². The molecule has 0 radical (unpaired) electrons. The van der Waals surface area contributed by atoms with E-state index in [9.17, 15) is 14.4 Å². The number of nitrogens with zero attached hydrogens (tertiary/aromatic N) is 2. The molecule has 0 aliphatic carbocycles. The van der Waals surface area contributed by atoms with Crippen molar-refractivity contribution >= 4 is 17.8 Å². The van der Waals surface area contributed by atoms with Gasteiger partial charge in [0, 0.05) is 26.1 Å². The van der Waals surface area contributed by atoms with Gasteiger partial charge in [0.15, 0.2) is 0 Å². The number of rotatable bonds is 10. The zero-order valence-corrected chi connectivity index (χ0v) is 20.1. The third-order valence-electron chi connectivity index (χ3n) is 6.30. The van der Waals surface area contributed by atoms with Crippen LogP contribution in [0.2, 0.25) is 0 Å². The van der Waals surface area contributed by atoms with Crippen molar-refractivity contribution < 1.29 is 19.1 Å². The van der Waals surface area contributed by atoms with Crippen molar-refractivity contribution in [3.05, 3.63) is 71.8 Å². The lowest BCUT2D eigenvalue weighted by molar-refractivity contribution is -0.152. The van der Waals surface area contributed by atoms with Gasteiger partial charge < -0.3 is 19.9 Å². The Hall–Kier alpha value is -3.19. The highest BCUT2D eigenvalue weighted by atomic mass is 16.5. The van der Waals surface area contributed by atoms with Crippen molar-refractivity contribution in [3.8, 4) is 0 Å². The van der Waals surface area contributed by atoms with Gasteiger partial charge in [-0.3, -0.25) is 9.59 Å². The van der Waals surface area contributed by atoms with Crippen LogP contribution < -0.4 is 5.32 Å². The maximum atomic E-state index is 13.3. The second kappa shape index (κ2) is 12.9. The highest BCUT2D eigenvalue weighted by Crippen LogP contribution is 2.13. The third kappa shape index (κ3) is 7.15. The molecule has 1 aliphatic rings. The maximum Gasteiger partial charge on any atom is 0.328 e. The largest absolute Gasteiger partial charge is 0.467 e. The highest BCUT2D eigenvalue weighted by molar-refractivity contribution is 5.88. The number of ether oxygens (including phenoxy) is 1. The molecule has 2 amide bonds. The molecule has 2 aromatic rings. The highest BCUT2D eigenvalue weighted by Gasteiger charge is 2.36. The van der Waals surface area contributed by atoms with Gasteiger partial charge in [-0.1, -0.05) is 60.7 Å². The Kier molecular flexibility index (Phi) is 9.64. The SMILES string of the molecule is COC(=O)C(C)N1CCN(C(=O)CCc2ccccc2)CC(NCCCc2ccccc2)C1=O. The van der Waals surface area contributed by atoms with Crippen LogP contribution in [0.1, 0.15) is 30.9 Å². The van der Waals surface area contributed by atoms with Gasteiger partial charge in [-0.2, -0.15) is 0 Å². The Balaban J connectivity index is 1.64. The lowest BCUT2D eigenvalue weighted by atomic mass is 10.1. The van der Waals surface area contributed by atoms with Gasteiger partial charge in [-0.25, -0.2) is 4.79 Å². The van der Waals surface area contributed by atoms with Crippen LogP contribution in [0.3, 0.4) is 0 Å². The normalized spacial score (nSPS) is 17.2. The van der Waals surface area contributed by atoms with Gasteiger partial charge in [0.25, 0.3) is 0 Å². The summed E-state index contributed by atoms with van der Waals surface area (Å²) in [4.78, 5) is 41.8. The van der Waals surface area contributed by atoms with Gasteiger partial charge >= 0.3 is 5.97 Å². The standard InChI is InChI=1S/C27H35N3O4/c1-21(27(33)34-2)30-19-18-29(25(31)16-15-23-12-7-4-8-13-23)20-24(26(30)32)28-17-9-14-22-10-5-3-6-11-22/h3-8,10-13,21,24,28H,9,14-20H2,1-2H3. The number of carbonyl (C=O) groups is 3. The number of nitrogens with one attached hydrogen (secondary N) is 1. The molecule has 1 heterocycles. The van der Waals surface area contributed by atoms with E-state index in [2.05, 4.69) is 17.4 Å². The fraction of sp³-hybridized carbons (Fsp3) is 0.444. The Labute approximate surface area is 202 Å². The number of hydrogen-bond donors (Lipinski definition) is 1. The fourth-order valence-corrected chi connectivity index (χ4v) is 4.26. The molecule has 7 nitrogen and oxygen atoms in total. The zero-order valence-electron chi connectivity index (χ0n) is 20.1. The van der Waals surface area contributed by atoms with Gasteiger partial charge in [0.2, 0.25) is 11.8 Å². The second-order valence-corrected chi connectivity index (χ2v) is 8.65. The maximum absolute atomic E-state index is 13.3. The van der Waals surface area contributed by atoms with Crippen LogP contribution >= 0.6 is 0 Å². The Morgan fingerprint density at radius 3 is 2.24 bits per heavy atom. The van der Waals surface area contributed by atoms with E-state index in [4.69, 9.17) is 4.74 Å². The van der Waals surface area contributed by atoms with Crippen LogP contribution in [0, 0.1) is 0 Å². The van der Waals surface area contributed by atoms with E-state index >= 15 is 0 Å². The molecule has 2 aromatic carbocycles. The number of amides is 2. The number of hydrogen-bond acceptors (Lipinski definition) is 5. The van der Waals surface area contributed by atoms with E-state index in [1.165, 1.54) is 17.6 Å². The van der Waals surface area contributed by atoms with Crippen LogP contribution in [-0.2, 0) is 32.0 Å². The molecule has 0 saturated carbocycles. The van der Waals surface area contributed by atoms with Gasteiger partial charge in [-0.05, 0) is 43.9 Å². The minimum absolute atomic E-state index is 0.0142. The fourth-order valence-electron chi connectivity index (χ4n) is 4.26. The first-order chi connectivity index (χ1) is 16.5. The summed E-state index contributed by atoms with van der Waals surface area (Å²) < 4.78 is 4.87. The zero-order chi connectivity index (χ0) is 24.3. The predicted molar refractivity (Wildman–Crippen MR) is 131 cm³/mol. The molecule has 182 valence electrons. The van der Waals surface area contributed by atoms with Crippen LogP contribution in [0.15, 0.2) is 60.7 Å². The Morgan fingerprint density at radius 1 is 1.00 bits per heavy atom. The van der Waals surface area contributed by atoms with E-state index in [1.807, 2.05) is 48.5 Å². The number of benzene rings is 2. The molecular formula is C27H35N3O4. The van der Waals surface area contributed by atoms with Gasteiger partial charge in [0.05, 0.1) is 7.11 Å². The summed E-state index contributed by atoms with van der Waals surface area (Å²) in [5, 5.41) is 3.34. The van der Waals surface area contributed by atoms with Gasteiger partial charge in [0.1, 0.15) is 12.1 Å². The van der Waals surface area contributed by atoms with Crippen LogP contribution in [0.5, 0.6) is 0 Å². The molecule has 2 unspecified atom stereocenters. The summed E-state index contributed by atoms with van der Waals surface area (Å²) in [5.74, 6) is -0.615. The number of esters is 1. The average Bonchev–Trinajstić information content (AvgIpc) is 3.04. The summed E-state index contributed by atoms with van der Waals surface area (Å²) >= 11 is 0. The van der Waals surface area contributed by atoms with E-state index in [-0.39, 0.29) is 11.8 Å². The molecule has 1 N–H and O–H groups in total. The van der Waals surface area contributed by atoms with Crippen LogP contribution in [0.25, 0.3) is 0 Å². The van der Waals surface area contributed by atoms with Crippen molar-refractivity contribution in [3.63, 3.8) is 0 Å². The minimum atomic E-state index is -0.703. The summed E-state index contributed by atoms with van der Waals surface area (Å²) in [5.41, 5.74) is 2.36. The third-order valence-corrected chi connectivity index (χ3v) is 6.30. The molecule has 1 aliphatic heterocycles. The van der Waals surface area contributed by atoms with Crippen molar-refractivity contribution in [1.82, 2.24) is 15.1 Å². The lowest BCUT2D eigenvalue weighted by Crippen LogP contribution is -2.53. The molecule has 1 saturated heterocycles. The number of methoxy groups -OCH3 is 1. The molecule has 2 atom stereocenters. The molecule has 1 fully saturated rings. The quantitative estimate of drug-likeness (QED) is 0.431. The predicted octanol–water partition coefficient (Wildman–Crippen LogP) is 2.44. The minimum Gasteiger partial charge on any atom is -0.467 e. The van der Waals surface area contributed by atoms with Crippen LogP contribution in [-0.4, -0.2) is 73.0 Å². The molecule has 7 heteroatoms. The smallest absolute Gasteiger partial charge is 0.328 e. The Bertz CT molecular complexity index is 935. The van der Waals surface area contributed by atoms with Crippen molar-refractivity contribution in [1.29, 1.82) is 0 Å². The van der Waals surface area contributed by atoms with Crippen molar-refractivity contribution in [2.45, 2.75) is 44.7 Å².